The molecule has 2 fully saturated rings. The van der Waals surface area contributed by atoms with Gasteiger partial charge in [-0.25, -0.2) is 4.79 Å². The molecule has 1 saturated heterocycles. The summed E-state index contributed by atoms with van der Waals surface area (Å²) in [6, 6.07) is 0.896. The van der Waals surface area contributed by atoms with Crippen LogP contribution in [0.25, 0.3) is 0 Å². The highest BCUT2D eigenvalue weighted by Crippen LogP contribution is 2.39. The molecular weight excluding hydrogens is 262 g/mol. The number of amides is 1. The fourth-order valence-electron chi connectivity index (χ4n) is 2.62. The minimum absolute atomic E-state index is 0.234. The minimum Gasteiger partial charge on any atom is -0.480 e. The molecule has 2 aliphatic rings. The van der Waals surface area contributed by atoms with Crippen LogP contribution < -0.4 is 0 Å². The molecule has 1 amide bonds. The molecule has 3 rings (SSSR count). The molecule has 7 nitrogen and oxygen atoms in total. The van der Waals surface area contributed by atoms with Crippen molar-refractivity contribution in [2.75, 3.05) is 13.7 Å². The predicted octanol–water partition coefficient (Wildman–Crippen LogP) is 0.601. The van der Waals surface area contributed by atoms with Crippen molar-refractivity contribution in [3.05, 3.63) is 17.5 Å². The van der Waals surface area contributed by atoms with Crippen molar-refractivity contribution >= 4 is 11.9 Å². The Labute approximate surface area is 115 Å². The van der Waals surface area contributed by atoms with E-state index in [0.29, 0.717) is 12.3 Å². The van der Waals surface area contributed by atoms with Crippen LogP contribution >= 0.6 is 0 Å². The molecule has 1 saturated carbocycles. The van der Waals surface area contributed by atoms with Crippen molar-refractivity contribution in [3.8, 4) is 0 Å². The number of aromatic amines is 1. The number of carbonyl (C=O) groups is 2. The molecule has 1 aliphatic heterocycles. The van der Waals surface area contributed by atoms with E-state index in [2.05, 4.69) is 10.2 Å². The summed E-state index contributed by atoms with van der Waals surface area (Å²) in [5.74, 6) is -0.874. The van der Waals surface area contributed by atoms with Crippen molar-refractivity contribution in [1.29, 1.82) is 0 Å². The number of rotatable bonds is 4. The van der Waals surface area contributed by atoms with E-state index in [1.807, 2.05) is 0 Å². The van der Waals surface area contributed by atoms with Crippen LogP contribution in [0.1, 0.15) is 41.4 Å². The van der Waals surface area contributed by atoms with Crippen molar-refractivity contribution < 1.29 is 19.4 Å². The molecule has 0 aromatic carbocycles. The van der Waals surface area contributed by atoms with Crippen molar-refractivity contribution in [1.82, 2.24) is 15.1 Å². The molecule has 1 aromatic rings. The number of carboxylic acid groups (broad SMARTS) is 1. The highest BCUT2D eigenvalue weighted by Gasteiger charge is 2.41. The van der Waals surface area contributed by atoms with E-state index >= 15 is 0 Å². The maximum atomic E-state index is 12.4. The molecule has 1 aliphatic carbocycles. The number of carbonyl (C=O) groups excluding carboxylic acids is 1. The van der Waals surface area contributed by atoms with E-state index in [-0.39, 0.29) is 24.2 Å². The van der Waals surface area contributed by atoms with E-state index in [1.54, 1.807) is 6.07 Å². The number of carboxylic acids is 1. The standard InChI is InChI=1S/C13H17N3O4/c1-20-8-4-11(13(18)19)16(6-8)12(17)10-5-9(14-15-10)7-2-3-7/h5,7-8,11H,2-4,6H2,1H3,(H,14,15)(H,18,19). The van der Waals surface area contributed by atoms with Gasteiger partial charge in [-0.05, 0) is 18.9 Å². The van der Waals surface area contributed by atoms with Crippen LogP contribution in [-0.4, -0.2) is 57.9 Å². The van der Waals surface area contributed by atoms with Gasteiger partial charge in [0, 0.05) is 31.7 Å². The highest BCUT2D eigenvalue weighted by atomic mass is 16.5. The average Bonchev–Trinajstić information content (AvgIpc) is 3.02. The van der Waals surface area contributed by atoms with E-state index in [9.17, 15) is 14.7 Å². The van der Waals surface area contributed by atoms with Gasteiger partial charge in [0.1, 0.15) is 11.7 Å². The number of nitrogens with zero attached hydrogens (tertiary/aromatic N) is 2. The number of hydrogen-bond donors (Lipinski definition) is 2. The summed E-state index contributed by atoms with van der Waals surface area (Å²) in [6.45, 7) is 0.290. The Kier molecular flexibility index (Phi) is 3.21. The van der Waals surface area contributed by atoms with Gasteiger partial charge in [0.15, 0.2) is 0 Å². The zero-order valence-corrected chi connectivity index (χ0v) is 11.2. The van der Waals surface area contributed by atoms with Crippen molar-refractivity contribution in [3.63, 3.8) is 0 Å². The number of likely N-dealkylation sites (tertiary alicyclic amines) is 1. The third kappa shape index (κ3) is 2.29. The first-order chi connectivity index (χ1) is 9.60. The SMILES string of the molecule is COC1CC(C(=O)O)N(C(=O)c2cc(C3CC3)[nH]n2)C1. The second kappa shape index (κ2) is 4.90. The quantitative estimate of drug-likeness (QED) is 0.841. The topological polar surface area (TPSA) is 95.5 Å². The third-order valence-corrected chi connectivity index (χ3v) is 3.98. The summed E-state index contributed by atoms with van der Waals surface area (Å²) < 4.78 is 5.18. The summed E-state index contributed by atoms with van der Waals surface area (Å²) in [5, 5.41) is 16.1. The number of methoxy groups -OCH3 is 1. The summed E-state index contributed by atoms with van der Waals surface area (Å²) in [7, 11) is 1.53. The van der Waals surface area contributed by atoms with Gasteiger partial charge in [0.25, 0.3) is 5.91 Å². The first kappa shape index (κ1) is 13.1. The van der Waals surface area contributed by atoms with Gasteiger partial charge in [0.05, 0.1) is 6.10 Å². The van der Waals surface area contributed by atoms with Crippen LogP contribution in [0.3, 0.4) is 0 Å². The molecule has 0 spiro atoms. The number of H-pyrrole nitrogens is 1. The Bertz CT molecular complexity index is 537. The van der Waals surface area contributed by atoms with Crippen molar-refractivity contribution in [2.45, 2.75) is 37.3 Å². The van der Waals surface area contributed by atoms with E-state index in [0.717, 1.165) is 18.5 Å². The van der Waals surface area contributed by atoms with Gasteiger partial charge >= 0.3 is 5.97 Å². The fraction of sp³-hybridized carbons (Fsp3) is 0.615. The lowest BCUT2D eigenvalue weighted by atomic mass is 10.2. The molecule has 20 heavy (non-hydrogen) atoms. The lowest BCUT2D eigenvalue weighted by Crippen LogP contribution is -2.40. The molecular formula is C13H17N3O4. The second-order valence-electron chi connectivity index (χ2n) is 5.39. The number of ether oxygens (including phenoxy) is 1. The Morgan fingerprint density at radius 1 is 1.50 bits per heavy atom. The monoisotopic (exact) mass is 279 g/mol. The molecule has 2 heterocycles. The lowest BCUT2D eigenvalue weighted by molar-refractivity contribution is -0.141. The number of hydrogen-bond acceptors (Lipinski definition) is 4. The van der Waals surface area contributed by atoms with Crippen LogP contribution in [0.5, 0.6) is 0 Å². The molecule has 7 heteroatoms. The van der Waals surface area contributed by atoms with Crippen LogP contribution in [0, 0.1) is 0 Å². The molecule has 2 unspecified atom stereocenters. The Hall–Kier alpha value is -1.89. The Morgan fingerprint density at radius 2 is 2.25 bits per heavy atom. The molecule has 2 atom stereocenters. The third-order valence-electron chi connectivity index (χ3n) is 3.98. The summed E-state index contributed by atoms with van der Waals surface area (Å²) in [4.78, 5) is 25.0. The minimum atomic E-state index is -1.00. The normalized spacial score (nSPS) is 25.9. The van der Waals surface area contributed by atoms with Crippen LogP contribution in [0.15, 0.2) is 6.07 Å². The van der Waals surface area contributed by atoms with Gasteiger partial charge < -0.3 is 14.7 Å². The fourth-order valence-corrected chi connectivity index (χ4v) is 2.62. The number of aromatic nitrogens is 2. The summed E-state index contributed by atoms with van der Waals surface area (Å²) in [5.41, 5.74) is 1.25. The molecule has 108 valence electrons. The molecule has 2 N–H and O–H groups in total. The number of nitrogens with one attached hydrogen (secondary N) is 1. The Morgan fingerprint density at radius 3 is 2.85 bits per heavy atom. The first-order valence-corrected chi connectivity index (χ1v) is 6.72. The maximum Gasteiger partial charge on any atom is 0.326 e. The summed E-state index contributed by atoms with van der Waals surface area (Å²) >= 11 is 0. The molecule has 0 radical (unpaired) electrons. The lowest BCUT2D eigenvalue weighted by Gasteiger charge is -2.19. The zero-order chi connectivity index (χ0) is 14.3. The maximum absolute atomic E-state index is 12.4. The van der Waals surface area contributed by atoms with Gasteiger partial charge in [-0.15, -0.1) is 0 Å². The largest absolute Gasteiger partial charge is 0.480 e. The van der Waals surface area contributed by atoms with Crippen molar-refractivity contribution in [2.24, 2.45) is 0 Å². The predicted molar refractivity (Wildman–Crippen MR) is 68.4 cm³/mol. The van der Waals surface area contributed by atoms with E-state index < -0.39 is 12.0 Å². The Balaban J connectivity index is 1.78. The van der Waals surface area contributed by atoms with Crippen LogP contribution in [-0.2, 0) is 9.53 Å². The van der Waals surface area contributed by atoms with E-state index in [4.69, 9.17) is 4.74 Å². The zero-order valence-electron chi connectivity index (χ0n) is 11.2. The average molecular weight is 279 g/mol. The van der Waals surface area contributed by atoms with Gasteiger partial charge in [-0.3, -0.25) is 9.89 Å². The highest BCUT2D eigenvalue weighted by molar-refractivity contribution is 5.95. The molecule has 0 bridgehead atoms. The van der Waals surface area contributed by atoms with Crippen LogP contribution in [0.4, 0.5) is 0 Å². The van der Waals surface area contributed by atoms with E-state index in [1.165, 1.54) is 12.0 Å². The first-order valence-electron chi connectivity index (χ1n) is 6.72. The van der Waals surface area contributed by atoms with Gasteiger partial charge in [-0.2, -0.15) is 5.10 Å². The molecule has 1 aromatic heterocycles. The second-order valence-corrected chi connectivity index (χ2v) is 5.39. The van der Waals surface area contributed by atoms with Gasteiger partial charge in [0.2, 0.25) is 0 Å². The summed E-state index contributed by atoms with van der Waals surface area (Å²) in [6.07, 6.45) is 2.31. The van der Waals surface area contributed by atoms with Crippen LogP contribution in [0.2, 0.25) is 0 Å². The number of aliphatic carboxylic acids is 1. The van der Waals surface area contributed by atoms with Gasteiger partial charge in [-0.1, -0.05) is 0 Å². The smallest absolute Gasteiger partial charge is 0.326 e.